The van der Waals surface area contributed by atoms with E-state index < -0.39 is 235 Å². The number of para-hydroxylation sites is 1. The average molecular weight is 2020 g/mol. The first-order valence-corrected chi connectivity index (χ1v) is 49.9. The number of carboxylic acids is 1. The van der Waals surface area contributed by atoms with Gasteiger partial charge < -0.3 is 124 Å². The highest BCUT2D eigenvalue weighted by Crippen LogP contribution is 2.26. The van der Waals surface area contributed by atoms with Crippen molar-refractivity contribution >= 4 is 123 Å². The topological polar surface area (TPSA) is 617 Å². The molecular formula is C100H142N20O23S. The number of carbonyl (C=O) groups excluding carboxylic acids is 16. The van der Waals surface area contributed by atoms with E-state index in [1.807, 2.05) is 0 Å². The summed E-state index contributed by atoms with van der Waals surface area (Å²) in [5, 5.41) is 98.9. The number of phenolic OH excluding ortho intramolecular Hbond substituents is 1. The molecule has 6 aromatic rings. The Bertz CT molecular complexity index is 5310. The van der Waals surface area contributed by atoms with Crippen molar-refractivity contribution in [3.05, 3.63) is 156 Å². The predicted octanol–water partition coefficient (Wildman–Crippen LogP) is -0.497. The SMILES string of the molecule is CCCCCCCCCCCC(=O)NCCNC(=O)[C@@H]1CSCC(=O)N[C@@H](Cc2c[nH]c3ccccc23)C(=O)N[C@@H]([C@@H](C)O)C(=O)N(C)CC(=O)N[C@@H](CC(=O)O)C(=O)N(C)[C@@H](Cc2ccccc2)C(=O)N(C)[C@@H](Cc2ccccc2)C(=O)NC(C)C(=O)N(C)[C@@H](C)C(=O)N[C@@H](Cc2cnc[nH]2)C(=O)N[C@@H](Cc2ccc(O)cc2)C(=O)N[C@@H](C(C)O)C(=O)N[C@@H](C(C)C)C(=O)N2C[C@H](O)C[C@H]2C(=O)N[C@@H](C)C(O)N1. The van der Waals surface area contributed by atoms with Gasteiger partial charge in [0.2, 0.25) is 94.5 Å². The van der Waals surface area contributed by atoms with Gasteiger partial charge in [-0.05, 0) is 87.4 Å². The molecule has 20 N–H and O–H groups in total. The lowest BCUT2D eigenvalue weighted by molar-refractivity contribution is -0.150. The molecule has 0 radical (unpaired) electrons. The normalized spacial score (nSPS) is 24.8. The number of aliphatic hydroxyl groups is 4. The number of nitrogens with zero attached hydrogens (tertiary/aromatic N) is 6. The maximum absolute atomic E-state index is 15.6. The number of imidazole rings is 1. The summed E-state index contributed by atoms with van der Waals surface area (Å²) in [5.41, 5.74) is 2.72. The Morgan fingerprint density at radius 3 is 1.67 bits per heavy atom. The number of hydrogen-bond acceptors (Lipinski definition) is 25. The molecular weight excluding hydrogens is 1880 g/mol. The second-order valence-electron chi connectivity index (χ2n) is 37.3. The van der Waals surface area contributed by atoms with Crippen LogP contribution in [0.25, 0.3) is 10.9 Å². The number of carboxylic acid groups (broad SMARTS) is 1. The second kappa shape index (κ2) is 57.2. The molecule has 16 amide bonds. The first-order chi connectivity index (χ1) is 68.4. The van der Waals surface area contributed by atoms with Crippen molar-refractivity contribution in [2.75, 3.05) is 65.9 Å². The molecule has 2 aliphatic rings. The maximum atomic E-state index is 15.6. The maximum Gasteiger partial charge on any atom is 0.305 e. The Morgan fingerprint density at radius 1 is 0.514 bits per heavy atom. The van der Waals surface area contributed by atoms with Crippen LogP contribution >= 0.6 is 11.8 Å². The Labute approximate surface area is 841 Å². The highest BCUT2D eigenvalue weighted by Gasteiger charge is 2.46. The van der Waals surface area contributed by atoms with E-state index >= 15 is 24.0 Å². The lowest BCUT2D eigenvalue weighted by atomic mass is 9.99. The molecule has 0 aliphatic carbocycles. The lowest BCUT2D eigenvalue weighted by Crippen LogP contribution is -2.63. The van der Waals surface area contributed by atoms with Gasteiger partial charge in [0, 0.05) is 128 Å². The van der Waals surface area contributed by atoms with Gasteiger partial charge in [-0.15, -0.1) is 11.8 Å². The predicted molar refractivity (Wildman–Crippen MR) is 533 cm³/mol. The number of aliphatic carboxylic acids is 1. The van der Waals surface area contributed by atoms with Gasteiger partial charge in [0.05, 0.1) is 55.4 Å². The second-order valence-corrected chi connectivity index (χ2v) is 38.3. The number of hydrogen-bond donors (Lipinski definition) is 20. The number of unbranched alkanes of at least 4 members (excludes halogenated alkanes) is 8. The van der Waals surface area contributed by atoms with Crippen LogP contribution in [0.2, 0.25) is 0 Å². The third-order valence-corrected chi connectivity index (χ3v) is 26.5. The zero-order chi connectivity index (χ0) is 106. The summed E-state index contributed by atoms with van der Waals surface area (Å²) in [5.74, 6) is -18.4. The summed E-state index contributed by atoms with van der Waals surface area (Å²) in [6.07, 6.45) is 4.20. The first kappa shape index (κ1) is 116. The monoisotopic (exact) mass is 2020 g/mol. The minimum absolute atomic E-state index is 0.0143. The van der Waals surface area contributed by atoms with Gasteiger partial charge in [-0.25, -0.2) is 4.98 Å². The third kappa shape index (κ3) is 35.3. The molecule has 2 saturated heterocycles. The van der Waals surface area contributed by atoms with E-state index in [2.05, 4.69) is 85.7 Å². The fourth-order valence-electron chi connectivity index (χ4n) is 16.8. The van der Waals surface area contributed by atoms with Crippen molar-refractivity contribution in [1.29, 1.82) is 0 Å². The highest BCUT2D eigenvalue weighted by molar-refractivity contribution is 8.00. The molecule has 0 bridgehead atoms. The number of aromatic nitrogens is 3. The summed E-state index contributed by atoms with van der Waals surface area (Å²) < 4.78 is 0. The molecule has 4 aromatic carbocycles. The number of likely N-dealkylation sites (N-methyl/N-ethyl adjacent to an activating group) is 4. The molecule has 2 aliphatic heterocycles. The first-order valence-electron chi connectivity index (χ1n) is 48.7. The summed E-state index contributed by atoms with van der Waals surface area (Å²) in [4.78, 5) is 263. The Hall–Kier alpha value is -13.4. The van der Waals surface area contributed by atoms with Crippen LogP contribution in [0, 0.1) is 5.92 Å². The van der Waals surface area contributed by atoms with Crippen LogP contribution in [0.1, 0.15) is 160 Å². The van der Waals surface area contributed by atoms with Crippen LogP contribution in [-0.4, -0.2) is 346 Å². The van der Waals surface area contributed by atoms with Crippen molar-refractivity contribution in [1.82, 2.24) is 103 Å². The van der Waals surface area contributed by atoms with E-state index in [1.54, 1.807) is 105 Å². The van der Waals surface area contributed by atoms with E-state index in [0.29, 0.717) is 39.6 Å². The number of amides is 16. The van der Waals surface area contributed by atoms with E-state index in [1.165, 1.54) is 91.5 Å². The summed E-state index contributed by atoms with van der Waals surface area (Å²) in [6, 6.07) is 6.52. The van der Waals surface area contributed by atoms with Crippen LogP contribution < -0.4 is 63.8 Å². The lowest BCUT2D eigenvalue weighted by Gasteiger charge is -2.36. The molecule has 18 atom stereocenters. The van der Waals surface area contributed by atoms with Gasteiger partial charge in [-0.3, -0.25) is 86.8 Å². The number of aliphatic hydroxyl groups excluding tert-OH is 4. The van der Waals surface area contributed by atoms with Crippen LogP contribution in [0.5, 0.6) is 5.75 Å². The van der Waals surface area contributed by atoms with E-state index in [4.69, 9.17) is 0 Å². The minimum Gasteiger partial charge on any atom is -0.508 e. The van der Waals surface area contributed by atoms with Crippen molar-refractivity contribution in [3.8, 4) is 5.75 Å². The molecule has 786 valence electrons. The van der Waals surface area contributed by atoms with Gasteiger partial charge in [0.25, 0.3) is 0 Å². The fourth-order valence-corrected chi connectivity index (χ4v) is 17.7. The Kier molecular flexibility index (Phi) is 46.0. The molecule has 44 heteroatoms. The molecule has 8 rings (SSSR count). The number of aromatic amines is 2. The molecule has 0 spiro atoms. The van der Waals surface area contributed by atoms with Gasteiger partial charge in [-0.2, -0.15) is 0 Å². The largest absolute Gasteiger partial charge is 0.508 e. The number of thioether (sulfide) groups is 1. The number of benzene rings is 4. The molecule has 2 fully saturated rings. The number of rotatable bonds is 29. The number of H-pyrrole nitrogens is 2. The van der Waals surface area contributed by atoms with E-state index in [9.17, 15) is 88.2 Å². The smallest absolute Gasteiger partial charge is 0.305 e. The van der Waals surface area contributed by atoms with Crippen LogP contribution in [0.15, 0.2) is 128 Å². The highest BCUT2D eigenvalue weighted by atomic mass is 32.2. The Balaban J connectivity index is 1.13. The van der Waals surface area contributed by atoms with Crippen molar-refractivity contribution in [2.24, 2.45) is 5.92 Å². The van der Waals surface area contributed by atoms with E-state index in [0.717, 1.165) is 95.7 Å². The average Bonchev–Trinajstić information content (AvgIpc) is 1.12. The molecule has 2 aromatic heterocycles. The van der Waals surface area contributed by atoms with Crippen molar-refractivity contribution in [2.45, 2.75) is 274 Å². The van der Waals surface area contributed by atoms with Crippen LogP contribution in [0.3, 0.4) is 0 Å². The Morgan fingerprint density at radius 2 is 1.06 bits per heavy atom. The zero-order valence-corrected chi connectivity index (χ0v) is 84.4. The fraction of sp³-hybridized carbons (Fsp3) is 0.540. The molecule has 43 nitrogen and oxygen atoms in total. The van der Waals surface area contributed by atoms with Crippen molar-refractivity contribution in [3.63, 3.8) is 0 Å². The summed E-state index contributed by atoms with van der Waals surface area (Å²) in [7, 11) is 4.79. The molecule has 144 heavy (non-hydrogen) atoms. The van der Waals surface area contributed by atoms with Gasteiger partial charge in [0.1, 0.15) is 84.5 Å². The van der Waals surface area contributed by atoms with Crippen molar-refractivity contribution < 1.29 is 112 Å². The number of aromatic hydroxyl groups is 1. The number of carbonyl (C=O) groups is 17. The number of nitrogens with one attached hydrogen (secondary N) is 14. The van der Waals surface area contributed by atoms with E-state index in [-0.39, 0.29) is 81.1 Å². The standard InChI is InChI=1S/C100H142N20O23S/c1-13-14-15-16-17-18-19-20-27-36-80(125)102-41-42-103-89(132)76-54-144-55-82(127)108-73(46-66-50-104-71-35-29-28-34-70(66)71)92(135)115-86(62(8)122)99(142)116(9)53-81(126)109-75(49-83(128)129)97(140)119(12)79(45-64-32-25-22-26-33-64)98(141)118(11)77(44-63-30-23-21-24-31-63)93(136)107-59(5)96(139)117(10)60(6)88(131)110-74(47-67-51-101-56-105-67)90(133)111-72(43-65-37-39-68(123)40-38-65)91(134)114-85(61(7)121)95(138)113-84(57(2)3)100(143)120-52-69(124)48-78(120)94(137)106-58(4)87(130)112-76/h21-26,28-35,37-40,50-51,56-62,69,72-79,84-87,104,112,121-124,130H,13-20,27,36,41-49,52-55H2,1-12H3,(H,101,105)(H,102,125)(H,103,132)(H,106,137)(H,107,136)(H,108,127)(H,109,126)(H,110,131)(H,111,133)(H,113,138)(H,114,134)(H,115,135)(H,128,129)/t58-,59?,60-,61?,62+,69+,72-,73-,74-,75-,76-,77-,78-,79-,84-,85-,86-,87?/m0/s1. The number of fused-ring (bicyclic) bond motifs is 2. The summed E-state index contributed by atoms with van der Waals surface area (Å²) in [6.45, 7) is 9.97. The quantitative estimate of drug-likeness (QED) is 0.0263. The van der Waals surface area contributed by atoms with Crippen LogP contribution in [0.4, 0.5) is 0 Å². The molecule has 4 heterocycles. The van der Waals surface area contributed by atoms with Gasteiger partial charge in [0.15, 0.2) is 0 Å². The number of phenols is 1. The van der Waals surface area contributed by atoms with Gasteiger partial charge in [-0.1, -0.05) is 163 Å². The van der Waals surface area contributed by atoms with Crippen LogP contribution in [-0.2, 0) is 114 Å². The van der Waals surface area contributed by atoms with Gasteiger partial charge >= 0.3 is 5.97 Å². The minimum atomic E-state index is -1.98. The zero-order valence-electron chi connectivity index (χ0n) is 83.6. The molecule has 0 saturated carbocycles. The summed E-state index contributed by atoms with van der Waals surface area (Å²) >= 11 is 0.843. The molecule has 3 unspecified atom stereocenters. The third-order valence-electron chi connectivity index (χ3n) is 25.4.